The number of hydrogen-bond acceptors (Lipinski definition) is 10. The van der Waals surface area contributed by atoms with Crippen molar-refractivity contribution in [1.29, 1.82) is 0 Å². The van der Waals surface area contributed by atoms with Crippen LogP contribution in [-0.4, -0.2) is 88.9 Å². The molecule has 2 aromatic heterocycles. The first-order valence-electron chi connectivity index (χ1n) is 15.8. The molecule has 6 rings (SSSR count). The minimum Gasteiger partial charge on any atom is -0.468 e. The van der Waals surface area contributed by atoms with Crippen molar-refractivity contribution < 1.29 is 37.6 Å². The molecule has 1 N–H and O–H groups in total. The van der Waals surface area contributed by atoms with Gasteiger partial charge in [0.1, 0.15) is 40.8 Å². The van der Waals surface area contributed by atoms with E-state index in [1.165, 1.54) is 19.4 Å². The molecule has 2 fully saturated rings. The summed E-state index contributed by atoms with van der Waals surface area (Å²) in [5.74, 6) is -0.341. The number of aromatic nitrogens is 3. The monoisotopic (exact) mass is 651 g/mol. The lowest BCUT2D eigenvalue weighted by molar-refractivity contribution is 0.0122. The number of amides is 1. The maximum absolute atomic E-state index is 16.8. The van der Waals surface area contributed by atoms with Gasteiger partial charge in [-0.05, 0) is 74.6 Å². The van der Waals surface area contributed by atoms with Gasteiger partial charge in [-0.15, -0.1) is 0 Å². The summed E-state index contributed by atoms with van der Waals surface area (Å²) in [6.07, 6.45) is 3.11. The summed E-state index contributed by atoms with van der Waals surface area (Å²) in [7, 11) is 1.49. The normalized spacial score (nSPS) is 17.9. The predicted octanol–water partition coefficient (Wildman–Crippen LogP) is 5.63. The highest BCUT2D eigenvalue weighted by atomic mass is 19.1. The molecule has 0 aliphatic carbocycles. The van der Waals surface area contributed by atoms with Gasteiger partial charge in [0.2, 0.25) is 0 Å². The second-order valence-electron chi connectivity index (χ2n) is 12.8. The highest BCUT2D eigenvalue weighted by molar-refractivity contribution is 6.02. The molecule has 47 heavy (non-hydrogen) atoms. The van der Waals surface area contributed by atoms with Gasteiger partial charge < -0.3 is 29.0 Å². The maximum atomic E-state index is 16.8. The summed E-state index contributed by atoms with van der Waals surface area (Å²) >= 11 is 0. The van der Waals surface area contributed by atoms with Crippen molar-refractivity contribution in [3.63, 3.8) is 0 Å². The van der Waals surface area contributed by atoms with E-state index in [0.717, 1.165) is 12.8 Å². The van der Waals surface area contributed by atoms with Gasteiger partial charge in [-0.2, -0.15) is 9.97 Å². The fraction of sp³-hybridized carbons (Fsp3) is 0.471. The fourth-order valence-corrected chi connectivity index (χ4v) is 6.57. The number of fused-ring (bicyclic) bond motifs is 4. The smallest absolute Gasteiger partial charge is 0.410 e. The molecular formula is C34H39F2N5O6. The summed E-state index contributed by atoms with van der Waals surface area (Å²) < 4.78 is 54.0. The first-order chi connectivity index (χ1) is 22.5. The molecule has 13 heteroatoms. The molecule has 2 aromatic carbocycles. The number of methoxy groups -OCH3 is 1. The Morgan fingerprint density at radius 3 is 2.49 bits per heavy atom. The lowest BCUT2D eigenvalue weighted by atomic mass is 9.94. The number of piperazine rings is 1. The van der Waals surface area contributed by atoms with Crippen LogP contribution in [0.4, 0.5) is 19.4 Å². The van der Waals surface area contributed by atoms with Crippen LogP contribution in [0.2, 0.25) is 0 Å². The van der Waals surface area contributed by atoms with E-state index in [9.17, 15) is 9.90 Å². The molecular weight excluding hydrogens is 612 g/mol. The number of hydrogen-bond donors (Lipinski definition) is 1. The Balaban J connectivity index is 1.47. The average molecular weight is 652 g/mol. The summed E-state index contributed by atoms with van der Waals surface area (Å²) in [6.45, 7) is 7.81. The van der Waals surface area contributed by atoms with Crippen molar-refractivity contribution in [2.45, 2.75) is 64.6 Å². The van der Waals surface area contributed by atoms with Gasteiger partial charge in [-0.3, -0.25) is 9.88 Å². The third kappa shape index (κ3) is 6.33. The Morgan fingerprint density at radius 1 is 1.09 bits per heavy atom. The van der Waals surface area contributed by atoms with Crippen molar-refractivity contribution >= 4 is 33.6 Å². The molecule has 2 saturated heterocycles. The largest absolute Gasteiger partial charge is 0.468 e. The second kappa shape index (κ2) is 13.0. The van der Waals surface area contributed by atoms with Crippen LogP contribution >= 0.6 is 0 Å². The van der Waals surface area contributed by atoms with E-state index in [-0.39, 0.29) is 55.4 Å². The summed E-state index contributed by atoms with van der Waals surface area (Å²) in [4.78, 5) is 30.5. The molecule has 2 unspecified atom stereocenters. The summed E-state index contributed by atoms with van der Waals surface area (Å²) in [6, 6.07) is 6.01. The highest BCUT2D eigenvalue weighted by Gasteiger charge is 2.45. The van der Waals surface area contributed by atoms with E-state index in [0.29, 0.717) is 58.4 Å². The number of pyridine rings is 1. The zero-order valence-electron chi connectivity index (χ0n) is 27.2. The average Bonchev–Trinajstić information content (AvgIpc) is 3.31. The van der Waals surface area contributed by atoms with Gasteiger partial charge in [-0.25, -0.2) is 13.6 Å². The van der Waals surface area contributed by atoms with Crippen molar-refractivity contribution in [2.75, 3.05) is 45.1 Å². The number of carbonyl (C=O) groups is 1. The predicted molar refractivity (Wildman–Crippen MR) is 172 cm³/mol. The lowest BCUT2D eigenvalue weighted by Crippen LogP contribution is -2.57. The number of aliphatic hydroxyl groups excluding tert-OH is 1. The standard InChI is InChI=1S/C34H39F2N5O6/c1-6-23-26(35)10-7-19-13-22(46-18-44-5)14-24(27(19)23)29-28(36)30-25(15-37-29)31(39-32(38-30)45-12-11-42)40-16-20-8-9-21(17-40)41(20)33(43)47-34(2,3)4/h7,10,13-15,20-21,42H,6,8-9,11-12,16-18H2,1-5H3. The number of aryl methyl sites for hydroxylation is 1. The summed E-state index contributed by atoms with van der Waals surface area (Å²) in [5, 5.41) is 11.0. The van der Waals surface area contributed by atoms with Gasteiger partial charge in [-0.1, -0.05) is 13.0 Å². The van der Waals surface area contributed by atoms with Gasteiger partial charge in [0.15, 0.2) is 12.6 Å². The Kier molecular flexibility index (Phi) is 9.03. The van der Waals surface area contributed by atoms with Gasteiger partial charge >= 0.3 is 12.1 Å². The van der Waals surface area contributed by atoms with Crippen molar-refractivity contribution in [3.05, 3.63) is 47.7 Å². The van der Waals surface area contributed by atoms with Crippen molar-refractivity contribution in [3.8, 4) is 23.0 Å². The Hall–Kier alpha value is -4.36. The number of aliphatic hydroxyl groups is 1. The van der Waals surface area contributed by atoms with Crippen LogP contribution in [0.1, 0.15) is 46.1 Å². The number of halogens is 2. The van der Waals surface area contributed by atoms with E-state index in [1.54, 1.807) is 23.1 Å². The molecule has 250 valence electrons. The highest BCUT2D eigenvalue weighted by Crippen LogP contribution is 2.41. The number of rotatable bonds is 9. The number of ether oxygens (including phenoxy) is 4. The third-order valence-corrected chi connectivity index (χ3v) is 8.45. The Labute approximate surface area is 271 Å². The molecule has 0 saturated carbocycles. The minimum atomic E-state index is -0.744. The zero-order chi connectivity index (χ0) is 33.5. The maximum Gasteiger partial charge on any atom is 0.410 e. The zero-order valence-corrected chi connectivity index (χ0v) is 27.2. The molecule has 2 aliphatic heterocycles. The van der Waals surface area contributed by atoms with Crippen LogP contribution in [0.15, 0.2) is 30.5 Å². The van der Waals surface area contributed by atoms with E-state index < -0.39 is 17.2 Å². The van der Waals surface area contributed by atoms with Crippen molar-refractivity contribution in [2.24, 2.45) is 0 Å². The van der Waals surface area contributed by atoms with E-state index in [1.807, 2.05) is 32.6 Å². The quantitative estimate of drug-likeness (QED) is 0.228. The van der Waals surface area contributed by atoms with Crippen LogP contribution in [0.5, 0.6) is 11.8 Å². The van der Waals surface area contributed by atoms with Crippen LogP contribution in [-0.2, 0) is 15.9 Å². The van der Waals surface area contributed by atoms with E-state index in [4.69, 9.17) is 18.9 Å². The first kappa shape index (κ1) is 32.6. The third-order valence-electron chi connectivity index (χ3n) is 8.45. The van der Waals surface area contributed by atoms with Gasteiger partial charge in [0, 0.05) is 32.0 Å². The molecule has 4 aromatic rings. The molecule has 0 radical (unpaired) electrons. The molecule has 4 heterocycles. The number of carbonyl (C=O) groups excluding carboxylic acids is 1. The molecule has 11 nitrogen and oxygen atoms in total. The Morgan fingerprint density at radius 2 is 1.83 bits per heavy atom. The molecule has 1 amide bonds. The summed E-state index contributed by atoms with van der Waals surface area (Å²) in [5.41, 5.74) is 0.0527. The minimum absolute atomic E-state index is 0.0360. The fourth-order valence-electron chi connectivity index (χ4n) is 6.57. The van der Waals surface area contributed by atoms with Crippen LogP contribution in [0, 0.1) is 11.6 Å². The number of nitrogens with zero attached hydrogens (tertiary/aromatic N) is 5. The SMILES string of the molecule is CCc1c(F)ccc2cc(OCOC)cc(-c3ncc4c(N5CC6CCC(C5)N6C(=O)OC(C)(C)C)nc(OCCO)nc4c3F)c12. The Bertz CT molecular complexity index is 1800. The molecule has 2 bridgehead atoms. The lowest BCUT2D eigenvalue weighted by Gasteiger charge is -2.42. The van der Waals surface area contributed by atoms with E-state index in [2.05, 4.69) is 15.0 Å². The van der Waals surface area contributed by atoms with Crippen molar-refractivity contribution in [1.82, 2.24) is 19.9 Å². The van der Waals surface area contributed by atoms with Crippen LogP contribution in [0.3, 0.4) is 0 Å². The second-order valence-corrected chi connectivity index (χ2v) is 12.8. The number of anilines is 1. The number of benzene rings is 2. The van der Waals surface area contributed by atoms with E-state index >= 15 is 8.78 Å². The van der Waals surface area contributed by atoms with Crippen LogP contribution < -0.4 is 14.4 Å². The molecule has 0 spiro atoms. The molecule has 2 atom stereocenters. The van der Waals surface area contributed by atoms with Gasteiger partial charge in [0.25, 0.3) is 0 Å². The topological polar surface area (TPSA) is 119 Å². The first-order valence-corrected chi connectivity index (χ1v) is 15.8. The van der Waals surface area contributed by atoms with Gasteiger partial charge in [0.05, 0.1) is 24.1 Å². The van der Waals surface area contributed by atoms with Crippen LogP contribution in [0.25, 0.3) is 32.9 Å². The molecule has 2 aliphatic rings.